The van der Waals surface area contributed by atoms with Gasteiger partial charge in [-0.3, -0.25) is 43.2 Å². The third-order valence-electron chi connectivity index (χ3n) is 8.74. The Labute approximate surface area is 349 Å². The molecular weight excluding hydrogens is 828 g/mol. The fourth-order valence-electron chi connectivity index (χ4n) is 6.72. The molecule has 0 aliphatic carbocycles. The number of hydrogen-bond donors (Lipinski definition) is 0. The average molecular weight is 881 g/mol. The zero-order chi connectivity index (χ0) is 45.9. The lowest BCUT2D eigenvalue weighted by Crippen LogP contribution is -2.68. The Kier molecular flexibility index (Phi) is 18.8. The van der Waals surface area contributed by atoms with E-state index in [1.807, 2.05) is 0 Å². The second-order valence-corrected chi connectivity index (χ2v) is 13.9. The Balaban J connectivity index is 2.29. The molecule has 0 aromatic heterocycles. The number of methoxy groups -OCH3 is 1. The van der Waals surface area contributed by atoms with E-state index in [-0.39, 0.29) is 0 Å². The Morgan fingerprint density at radius 1 is 0.361 bits per heavy atom. The molecule has 61 heavy (non-hydrogen) atoms. The lowest BCUT2D eigenvalue weighted by Gasteiger charge is -2.50. The molecule has 15 atom stereocenters. The van der Waals surface area contributed by atoms with Gasteiger partial charge in [-0.25, -0.2) is 0 Å². The van der Waals surface area contributed by atoms with Gasteiger partial charge in [-0.1, -0.05) is 0 Å². The van der Waals surface area contributed by atoms with Crippen molar-refractivity contribution in [2.75, 3.05) is 20.3 Å². The normalized spacial score (nSPS) is 33.4. The van der Waals surface area contributed by atoms with Gasteiger partial charge < -0.3 is 71.1 Å². The van der Waals surface area contributed by atoms with Crippen molar-refractivity contribution in [3.8, 4) is 0 Å². The van der Waals surface area contributed by atoms with Crippen LogP contribution >= 0.6 is 0 Å². The summed E-state index contributed by atoms with van der Waals surface area (Å²) >= 11 is 0. The van der Waals surface area contributed by atoms with Gasteiger partial charge in [0, 0.05) is 69.4 Å². The van der Waals surface area contributed by atoms with Crippen LogP contribution in [0.4, 0.5) is 0 Å². The van der Waals surface area contributed by atoms with Crippen LogP contribution in [0.1, 0.15) is 69.2 Å². The first-order chi connectivity index (χ1) is 28.5. The van der Waals surface area contributed by atoms with Crippen LogP contribution in [0.5, 0.6) is 0 Å². The van der Waals surface area contributed by atoms with Crippen LogP contribution < -0.4 is 0 Å². The molecule has 3 aliphatic rings. The fraction of sp³-hybridized carbons (Fsp3) is 0.757. The van der Waals surface area contributed by atoms with Gasteiger partial charge in [0.2, 0.25) is 0 Å². The molecule has 3 saturated heterocycles. The van der Waals surface area contributed by atoms with Gasteiger partial charge in [0.25, 0.3) is 0 Å². The largest absolute Gasteiger partial charge is 0.463 e. The van der Waals surface area contributed by atoms with E-state index in [1.54, 1.807) is 0 Å². The zero-order valence-electron chi connectivity index (χ0n) is 35.4. The highest BCUT2D eigenvalue weighted by Gasteiger charge is 2.59. The molecule has 24 heteroatoms. The molecule has 0 N–H and O–H groups in total. The summed E-state index contributed by atoms with van der Waals surface area (Å²) in [5, 5.41) is 0. The predicted octanol–water partition coefficient (Wildman–Crippen LogP) is -0.754. The number of hydrogen-bond acceptors (Lipinski definition) is 24. The van der Waals surface area contributed by atoms with E-state index in [1.165, 1.54) is 6.92 Å². The molecule has 3 aliphatic heterocycles. The van der Waals surface area contributed by atoms with Gasteiger partial charge in [-0.15, -0.1) is 0 Å². The molecule has 3 fully saturated rings. The molecule has 0 spiro atoms. The molecule has 0 aromatic carbocycles. The van der Waals surface area contributed by atoms with Crippen molar-refractivity contribution < 1.29 is 114 Å². The fourth-order valence-corrected chi connectivity index (χ4v) is 6.72. The van der Waals surface area contributed by atoms with Crippen LogP contribution in [0, 0.1) is 0 Å². The number of carbonyl (C=O) groups is 9. The summed E-state index contributed by atoms with van der Waals surface area (Å²) in [5.74, 6) is -7.96. The number of rotatable bonds is 16. The molecule has 0 saturated carbocycles. The van der Waals surface area contributed by atoms with Gasteiger partial charge >= 0.3 is 53.7 Å². The van der Waals surface area contributed by atoms with Gasteiger partial charge in [-0.2, -0.15) is 0 Å². The maximum Gasteiger partial charge on any atom is 0.303 e. The molecule has 344 valence electrons. The van der Waals surface area contributed by atoms with Crippen LogP contribution in [0.25, 0.3) is 0 Å². The van der Waals surface area contributed by atoms with Crippen molar-refractivity contribution in [2.45, 2.75) is 161 Å². The predicted molar refractivity (Wildman–Crippen MR) is 191 cm³/mol. The summed E-state index contributed by atoms with van der Waals surface area (Å²) in [6, 6.07) is 0. The highest BCUT2D eigenvalue weighted by Crippen LogP contribution is 2.38. The SMILES string of the molecule is CO[C@@H]1O[C@H](COC(C)=O)[C@@H](OC(C)=O)[C@H](OC(C)=O)[C@H]1O[C@@H]1O[C@H](COC(C)=O)[C@H](OC(C)=O)[C@H](OC(C)=O)[C@H]1O[C@@H]1O[C@@H](C)[C@@H](OC(C)=O)[C@@H](OC(C)=O)[C@@H]1OC(C)=O. The lowest BCUT2D eigenvalue weighted by atomic mass is 9.95. The Hall–Kier alpha value is -5.01. The maximum absolute atomic E-state index is 12.8. The molecule has 0 aromatic rings. The molecule has 0 amide bonds. The van der Waals surface area contributed by atoms with Crippen LogP contribution in [-0.2, 0) is 114 Å². The van der Waals surface area contributed by atoms with Crippen LogP contribution in [0.15, 0.2) is 0 Å². The van der Waals surface area contributed by atoms with E-state index < -0.39 is 159 Å². The van der Waals surface area contributed by atoms with Gasteiger partial charge in [0.1, 0.15) is 25.4 Å². The molecule has 0 bridgehead atoms. The van der Waals surface area contributed by atoms with Crippen molar-refractivity contribution in [1.82, 2.24) is 0 Å². The first-order valence-electron chi connectivity index (χ1n) is 18.8. The summed E-state index contributed by atoms with van der Waals surface area (Å²) in [7, 11) is 1.16. The molecule has 3 rings (SSSR count). The maximum atomic E-state index is 12.8. The Morgan fingerprint density at radius 2 is 0.656 bits per heavy atom. The van der Waals surface area contributed by atoms with Crippen LogP contribution in [0.3, 0.4) is 0 Å². The third kappa shape index (κ3) is 14.6. The summed E-state index contributed by atoms with van der Waals surface area (Å²) in [6.45, 7) is 9.58. The van der Waals surface area contributed by atoms with E-state index in [0.717, 1.165) is 69.4 Å². The van der Waals surface area contributed by atoms with Crippen LogP contribution in [-0.4, -0.2) is 166 Å². The van der Waals surface area contributed by atoms with Crippen molar-refractivity contribution >= 4 is 53.7 Å². The molecule has 0 radical (unpaired) electrons. The zero-order valence-corrected chi connectivity index (χ0v) is 35.4. The van der Waals surface area contributed by atoms with E-state index >= 15 is 0 Å². The molecule has 24 nitrogen and oxygen atoms in total. The van der Waals surface area contributed by atoms with Crippen LogP contribution in [0.2, 0.25) is 0 Å². The second kappa shape index (κ2) is 22.7. The first kappa shape index (κ1) is 50.3. The smallest absolute Gasteiger partial charge is 0.303 e. The quantitative estimate of drug-likeness (QED) is 0.136. The minimum Gasteiger partial charge on any atom is -0.463 e. The van der Waals surface area contributed by atoms with E-state index in [0.29, 0.717) is 0 Å². The monoisotopic (exact) mass is 880 g/mol. The van der Waals surface area contributed by atoms with Crippen molar-refractivity contribution in [3.63, 3.8) is 0 Å². The highest BCUT2D eigenvalue weighted by atomic mass is 16.8. The van der Waals surface area contributed by atoms with Crippen molar-refractivity contribution in [1.29, 1.82) is 0 Å². The van der Waals surface area contributed by atoms with E-state index in [2.05, 4.69) is 0 Å². The standard InChI is InChI=1S/C37H52O24/c1-14-26(51-17(4)40)29(54-20(7)43)33(57-23(10)46)36(50-14)61-34-31(56-22(9)45)28(53-19(6)42)25(13-49-16(3)39)59-37(34)60-32-30(55-21(8)44)27(52-18(5)41)24(12-48-15(2)38)58-35(32)47-11/h14,24-37H,12-13H2,1-11H3/t14-,24+,25+,26+,27+,28-,29+,30-,31-,32+,33-,34+,35+,36-,37-/m0/s1. The highest BCUT2D eigenvalue weighted by molar-refractivity contribution is 5.70. The van der Waals surface area contributed by atoms with Gasteiger partial charge in [0.05, 0.1) is 6.10 Å². The van der Waals surface area contributed by atoms with Gasteiger partial charge in [0.15, 0.2) is 73.8 Å². The summed E-state index contributed by atoms with van der Waals surface area (Å²) in [4.78, 5) is 111. The minimum atomic E-state index is -1.96. The Bertz CT molecular complexity index is 1610. The third-order valence-corrected chi connectivity index (χ3v) is 8.74. The Morgan fingerprint density at radius 3 is 1.02 bits per heavy atom. The number of ether oxygens (including phenoxy) is 15. The van der Waals surface area contributed by atoms with Crippen molar-refractivity contribution in [3.05, 3.63) is 0 Å². The van der Waals surface area contributed by atoms with Gasteiger partial charge in [-0.05, 0) is 6.92 Å². The lowest BCUT2D eigenvalue weighted by molar-refractivity contribution is -0.391. The van der Waals surface area contributed by atoms with E-state index in [9.17, 15) is 43.2 Å². The average Bonchev–Trinajstić information content (AvgIpc) is 3.12. The molecule has 0 unspecified atom stereocenters. The second-order valence-electron chi connectivity index (χ2n) is 13.9. The van der Waals surface area contributed by atoms with E-state index in [4.69, 9.17) is 71.1 Å². The molecular formula is C37H52O24. The summed E-state index contributed by atoms with van der Waals surface area (Å²) in [6.07, 6.45) is -24.4. The minimum absolute atomic E-state index is 0.529. The topological polar surface area (TPSA) is 292 Å². The number of carbonyl (C=O) groups excluding carboxylic acids is 9. The first-order valence-corrected chi connectivity index (χ1v) is 18.8. The summed E-state index contributed by atoms with van der Waals surface area (Å²) in [5.41, 5.74) is 0. The molecule has 3 heterocycles. The number of esters is 9. The van der Waals surface area contributed by atoms with Crippen molar-refractivity contribution in [2.24, 2.45) is 0 Å². The summed E-state index contributed by atoms with van der Waals surface area (Å²) < 4.78 is 85.8.